The third kappa shape index (κ3) is 25.8. The smallest absolute Gasteiger partial charge is 0.201 e. The van der Waals surface area contributed by atoms with E-state index in [9.17, 15) is 65.9 Å². The van der Waals surface area contributed by atoms with Crippen molar-refractivity contribution in [1.82, 2.24) is 0 Å². The van der Waals surface area contributed by atoms with Gasteiger partial charge in [0.15, 0.2) is 69.7 Å². The fraction of sp³-hybridized carbons (Fsp3) is 0.283. The van der Waals surface area contributed by atoms with Crippen LogP contribution in [0.4, 0.5) is 65.9 Å². The fourth-order valence-corrected chi connectivity index (χ4v) is 17.2. The molecular weight excluding hydrogens is 1740 g/mol. The molecule has 16 heteroatoms. The molecule has 0 spiro atoms. The molecule has 710 valence electrons. The molecule has 0 N–H and O–H groups in total. The predicted molar refractivity (Wildman–Crippen MR) is 529 cm³/mol. The molecule has 1 nitrogen and oxygen atoms in total. The molecule has 1 atom stereocenters. The van der Waals surface area contributed by atoms with Crippen LogP contribution in [0.3, 0.4) is 0 Å². The van der Waals surface area contributed by atoms with Crippen LogP contribution < -0.4 is 4.74 Å². The standard InChI is InChI=1S/C26H24F6.C26H26F4.C24H28F2.C22H19F3O.C22H22/c1-3-5-7-15-9-11-17(23(29)21(15)27)19-13-14-20(26(32)25(19)31)18-12-10-16(8-6-4-2)22(28)24(18)30;1-3-5-7-17-9-11-19(23(27)15-17)21-13-14-22(26(30)25(21)29)20-12-10-18(8-6-4-2)16-24(20)28;1-3-5-17-7-11-19(12-8-17)21-15-16-22(24(26)23(21)25)20-13-9-18(6-4-2)10-14-20;1-3-14-5-7-15(8-6-14)16-9-10-17(19(23)13-16)18-11-12-20(26-4-2)22(25)21(18)24;1-15-5-11-21(17(3)13-15)19-7-9-20(10-8-19)22-12-6-16(2)14-18(22)4/h9-14H,3-8H2,1-2H3;9-16H,3-8H2,1-2H3;7-8,11-13,15-16,18H,3-6,9-10,14H2,1-2H3;5-13H,3-4H2,1-2H3;5-14H,1-4H3. The Hall–Kier alpha value is -12.4. The summed E-state index contributed by atoms with van der Waals surface area (Å²) < 4.78 is 224. The Bertz CT molecular complexity index is 6210. The molecule has 0 aliphatic heterocycles. The molecule has 0 aromatic heterocycles. The predicted octanol–water partition coefficient (Wildman–Crippen LogP) is 37.0. The van der Waals surface area contributed by atoms with Gasteiger partial charge >= 0.3 is 0 Å². The van der Waals surface area contributed by atoms with Crippen LogP contribution in [0.25, 0.3) is 106 Å². The molecule has 14 aromatic carbocycles. The molecule has 136 heavy (non-hydrogen) atoms. The van der Waals surface area contributed by atoms with Crippen molar-refractivity contribution in [3.63, 3.8) is 0 Å². The van der Waals surface area contributed by atoms with Gasteiger partial charge in [-0.1, -0.05) is 317 Å². The average molecular weight is 1860 g/mol. The first-order valence-corrected chi connectivity index (χ1v) is 47.5. The van der Waals surface area contributed by atoms with Crippen LogP contribution in [-0.2, 0) is 38.5 Å². The van der Waals surface area contributed by atoms with E-state index in [1.165, 1.54) is 153 Å². The van der Waals surface area contributed by atoms with E-state index in [0.717, 1.165) is 130 Å². The lowest BCUT2D eigenvalue weighted by atomic mass is 9.84. The second-order valence-electron chi connectivity index (χ2n) is 34.9. The van der Waals surface area contributed by atoms with E-state index in [1.54, 1.807) is 37.3 Å². The number of unbranched alkanes of at least 4 members (excludes halogenated alkanes) is 4. The van der Waals surface area contributed by atoms with Crippen molar-refractivity contribution < 1.29 is 70.6 Å². The Morgan fingerprint density at radius 3 is 0.993 bits per heavy atom. The topological polar surface area (TPSA) is 9.23 Å². The largest absolute Gasteiger partial charge is 0.491 e. The van der Waals surface area contributed by atoms with Gasteiger partial charge in [0.25, 0.3) is 0 Å². The van der Waals surface area contributed by atoms with Crippen molar-refractivity contribution in [1.29, 1.82) is 0 Å². The van der Waals surface area contributed by atoms with Crippen molar-refractivity contribution in [2.45, 2.75) is 212 Å². The minimum Gasteiger partial charge on any atom is -0.491 e. The van der Waals surface area contributed by atoms with Gasteiger partial charge in [-0.25, -0.2) is 61.5 Å². The summed E-state index contributed by atoms with van der Waals surface area (Å²) in [6.07, 6.45) is 19.3. The summed E-state index contributed by atoms with van der Waals surface area (Å²) in [5.74, 6) is -15.0. The van der Waals surface area contributed by atoms with Crippen LogP contribution in [0.1, 0.15) is 206 Å². The first-order chi connectivity index (χ1) is 65.5. The molecule has 0 saturated heterocycles. The number of rotatable bonds is 29. The Morgan fingerprint density at radius 1 is 0.257 bits per heavy atom. The highest BCUT2D eigenvalue weighted by atomic mass is 19.2. The lowest BCUT2D eigenvalue weighted by Gasteiger charge is -2.22. The molecule has 0 heterocycles. The highest BCUT2D eigenvalue weighted by Gasteiger charge is 2.28. The number of hydrogen-bond acceptors (Lipinski definition) is 1. The second-order valence-corrected chi connectivity index (χ2v) is 34.9. The second kappa shape index (κ2) is 49.9. The van der Waals surface area contributed by atoms with Crippen molar-refractivity contribution in [2.24, 2.45) is 5.92 Å². The van der Waals surface area contributed by atoms with Gasteiger partial charge in [-0.05, 0) is 243 Å². The highest BCUT2D eigenvalue weighted by Crippen LogP contribution is 2.42. The Labute approximate surface area is 792 Å². The summed E-state index contributed by atoms with van der Waals surface area (Å²) >= 11 is 0. The van der Waals surface area contributed by atoms with Crippen molar-refractivity contribution in [2.75, 3.05) is 6.61 Å². The molecule has 0 amide bonds. The van der Waals surface area contributed by atoms with Gasteiger partial charge in [-0.2, -0.15) is 4.39 Å². The summed E-state index contributed by atoms with van der Waals surface area (Å²) in [7, 11) is 0. The van der Waals surface area contributed by atoms with Gasteiger partial charge in [0.05, 0.1) is 6.61 Å². The molecule has 1 aliphatic rings. The molecule has 1 aliphatic carbocycles. The first-order valence-electron chi connectivity index (χ1n) is 47.5. The van der Waals surface area contributed by atoms with E-state index in [1.807, 2.05) is 76.2 Å². The Kier molecular flexibility index (Phi) is 38.2. The Morgan fingerprint density at radius 2 is 0.588 bits per heavy atom. The average Bonchev–Trinajstić information content (AvgIpc) is 0.759. The van der Waals surface area contributed by atoms with Crippen LogP contribution in [0.2, 0.25) is 0 Å². The van der Waals surface area contributed by atoms with Gasteiger partial charge in [0.2, 0.25) is 5.82 Å². The van der Waals surface area contributed by atoms with Crippen LogP contribution in [0.5, 0.6) is 5.75 Å². The van der Waals surface area contributed by atoms with Gasteiger partial charge in [-0.15, -0.1) is 0 Å². The van der Waals surface area contributed by atoms with E-state index in [2.05, 4.69) is 115 Å². The third-order valence-electron chi connectivity index (χ3n) is 25.0. The number of ether oxygens (including phenoxy) is 1. The summed E-state index contributed by atoms with van der Waals surface area (Å²) in [5, 5.41) is 0. The zero-order chi connectivity index (χ0) is 98.0. The van der Waals surface area contributed by atoms with Crippen molar-refractivity contribution >= 4 is 5.57 Å². The summed E-state index contributed by atoms with van der Waals surface area (Å²) in [6.45, 7) is 24.8. The maximum atomic E-state index is 14.8. The normalized spacial score (nSPS) is 12.2. The van der Waals surface area contributed by atoms with E-state index in [-0.39, 0.29) is 56.9 Å². The SMILES string of the molecule is CCCCc1ccc(-c2ccc(-c3ccc(CCCC)c(F)c3F)c(F)c2F)c(F)c1F.CCCCc1ccc(-c2ccc(-c3ccc(CCCC)cc3F)c(F)c2F)c(F)c1.CCCc1ccc(-c2ccc(C3=CCC(CCC)CC3)c(F)c2F)cc1.CCOc1ccc(-c2ccc(-c3ccc(CC)cc3)cc2F)c(F)c1F.Cc1ccc(-c2ccc(-c3ccc(C)cc3C)cc2)c(C)c1. The highest BCUT2D eigenvalue weighted by molar-refractivity contribution is 5.79. The molecule has 14 aromatic rings. The van der Waals surface area contributed by atoms with Crippen LogP contribution in [-0.4, -0.2) is 6.61 Å². The van der Waals surface area contributed by atoms with Crippen LogP contribution >= 0.6 is 0 Å². The maximum absolute atomic E-state index is 14.8. The summed E-state index contributed by atoms with van der Waals surface area (Å²) in [4.78, 5) is 0. The van der Waals surface area contributed by atoms with E-state index >= 15 is 0 Å². The minimum absolute atomic E-state index is 0.00594. The van der Waals surface area contributed by atoms with Crippen molar-refractivity contribution in [3.8, 4) is 106 Å². The maximum Gasteiger partial charge on any atom is 0.201 e. The van der Waals surface area contributed by atoms with Gasteiger partial charge < -0.3 is 4.74 Å². The van der Waals surface area contributed by atoms with E-state index in [4.69, 9.17) is 4.74 Å². The van der Waals surface area contributed by atoms with Gasteiger partial charge in [0.1, 0.15) is 17.5 Å². The van der Waals surface area contributed by atoms with E-state index < -0.39 is 110 Å². The number of allylic oxidation sites excluding steroid dienone is 2. The zero-order valence-electron chi connectivity index (χ0n) is 79.6. The molecule has 0 saturated carbocycles. The number of benzene rings is 14. The van der Waals surface area contributed by atoms with Crippen LogP contribution in [0, 0.1) is 121 Å². The molecule has 0 fully saturated rings. The van der Waals surface area contributed by atoms with E-state index in [0.29, 0.717) is 48.3 Å². The van der Waals surface area contributed by atoms with Crippen LogP contribution in [0.15, 0.2) is 243 Å². The number of hydrogen-bond donors (Lipinski definition) is 0. The summed E-state index contributed by atoms with van der Waals surface area (Å²) in [5.41, 5.74) is 16.5. The van der Waals surface area contributed by atoms with Gasteiger partial charge in [0, 0.05) is 66.8 Å². The monoisotopic (exact) mass is 1860 g/mol. The molecular formula is C120H119F15O. The lowest BCUT2D eigenvalue weighted by Crippen LogP contribution is -2.06. The lowest BCUT2D eigenvalue weighted by molar-refractivity contribution is 0.314. The molecule has 0 bridgehead atoms. The molecule has 0 radical (unpaired) electrons. The van der Waals surface area contributed by atoms with Gasteiger partial charge in [-0.3, -0.25) is 0 Å². The minimum atomic E-state index is -1.46. The first kappa shape index (κ1) is 104. The zero-order valence-corrected chi connectivity index (χ0v) is 79.6. The molecule has 15 rings (SSSR count). The fourth-order valence-electron chi connectivity index (χ4n) is 17.2. The number of aryl methyl sites for hydroxylation is 10. The number of halogens is 15. The summed E-state index contributed by atoms with van der Waals surface area (Å²) in [6, 6.07) is 67.3. The quantitative estimate of drug-likeness (QED) is 0.0425. The Balaban J connectivity index is 0.000000164. The molecule has 1 unspecified atom stereocenters. The third-order valence-corrected chi connectivity index (χ3v) is 25.0. The van der Waals surface area contributed by atoms with Crippen molar-refractivity contribution in [3.05, 3.63) is 391 Å².